The van der Waals surface area contributed by atoms with Crippen LogP contribution < -0.4 is 19.5 Å². The molecule has 2 heterocycles. The Morgan fingerprint density at radius 1 is 1.08 bits per heavy atom. The van der Waals surface area contributed by atoms with E-state index < -0.39 is 28.3 Å². The molecule has 3 aromatic rings. The van der Waals surface area contributed by atoms with Gasteiger partial charge in [0.05, 0.1) is 31.1 Å². The molecule has 0 bridgehead atoms. The zero-order valence-corrected chi connectivity index (χ0v) is 22.4. The third-order valence-corrected chi connectivity index (χ3v) is 8.47. The number of aliphatic hydroxyl groups is 1. The zero-order valence-electron chi connectivity index (χ0n) is 21.6. The molecule has 39 heavy (non-hydrogen) atoms. The number of nitrogens with one attached hydrogen (secondary N) is 2. The topological polar surface area (TPSA) is 123 Å². The Hall–Kier alpha value is -3.60. The van der Waals surface area contributed by atoms with Crippen LogP contribution in [-0.4, -0.2) is 58.0 Å². The van der Waals surface area contributed by atoms with Crippen LogP contribution in [0.3, 0.4) is 0 Å². The average molecular weight is 553 g/mol. The number of ether oxygens (including phenoxy) is 3. The molecule has 0 saturated carbocycles. The molecule has 0 radical (unpaired) electrons. The third kappa shape index (κ3) is 6.19. The fraction of sp³-hybridized carbons (Fsp3) is 0.345. The fourth-order valence-electron chi connectivity index (χ4n) is 5.20. The molecule has 1 saturated heterocycles. The van der Waals surface area contributed by atoms with E-state index in [4.69, 9.17) is 14.2 Å². The molecule has 0 unspecified atom stereocenters. The average Bonchev–Trinajstić information content (AvgIpc) is 3.31. The van der Waals surface area contributed by atoms with Crippen molar-refractivity contribution in [3.8, 4) is 11.5 Å². The first-order valence-corrected chi connectivity index (χ1v) is 14.4. The van der Waals surface area contributed by atoms with Crippen molar-refractivity contribution in [2.24, 2.45) is 0 Å². The summed E-state index contributed by atoms with van der Waals surface area (Å²) in [5, 5.41) is 13.0. The van der Waals surface area contributed by atoms with Crippen molar-refractivity contribution in [2.75, 3.05) is 25.0 Å². The van der Waals surface area contributed by atoms with Crippen molar-refractivity contribution in [3.05, 3.63) is 83.9 Å². The molecule has 10 heteroatoms. The van der Waals surface area contributed by atoms with Gasteiger partial charge in [-0.15, -0.1) is 0 Å². The highest BCUT2D eigenvalue weighted by atomic mass is 32.2. The molecule has 4 atom stereocenters. The summed E-state index contributed by atoms with van der Waals surface area (Å²) in [6, 6.07) is 21.3. The van der Waals surface area contributed by atoms with Gasteiger partial charge in [0.15, 0.2) is 0 Å². The number of rotatable bonds is 10. The number of methoxy groups -OCH3 is 1. The van der Waals surface area contributed by atoms with Crippen molar-refractivity contribution >= 4 is 21.6 Å². The first-order chi connectivity index (χ1) is 18.9. The minimum atomic E-state index is -3.85. The molecule has 2 aliphatic heterocycles. The Kier molecular flexibility index (Phi) is 8.06. The van der Waals surface area contributed by atoms with Crippen LogP contribution in [0, 0.1) is 0 Å². The van der Waals surface area contributed by atoms with Gasteiger partial charge in [-0.3, -0.25) is 9.52 Å². The van der Waals surface area contributed by atoms with Gasteiger partial charge in [0.25, 0.3) is 10.0 Å². The number of sulfonamides is 1. The number of anilines is 1. The molecule has 9 nitrogen and oxygen atoms in total. The highest BCUT2D eigenvalue weighted by Crippen LogP contribution is 2.47. The maximum atomic E-state index is 13.0. The van der Waals surface area contributed by atoms with Crippen LogP contribution in [-0.2, 0) is 26.0 Å². The number of benzene rings is 3. The lowest BCUT2D eigenvalue weighted by Gasteiger charge is -2.37. The Labute approximate surface area is 228 Å². The molecule has 3 N–H and O–H groups in total. The first kappa shape index (κ1) is 27.0. The van der Waals surface area contributed by atoms with Crippen LogP contribution in [0.2, 0.25) is 0 Å². The molecular formula is C29H32N2O7S. The molecule has 206 valence electrons. The summed E-state index contributed by atoms with van der Waals surface area (Å²) in [5.41, 5.74) is 2.36. The fourth-order valence-corrected chi connectivity index (χ4v) is 6.29. The molecular weight excluding hydrogens is 520 g/mol. The third-order valence-electron chi connectivity index (χ3n) is 7.09. The van der Waals surface area contributed by atoms with Crippen molar-refractivity contribution in [2.45, 2.75) is 48.4 Å². The Bertz CT molecular complexity index is 1410. The van der Waals surface area contributed by atoms with E-state index in [1.54, 1.807) is 30.3 Å². The van der Waals surface area contributed by atoms with Crippen molar-refractivity contribution < 1.29 is 32.5 Å². The highest BCUT2D eigenvalue weighted by molar-refractivity contribution is 7.92. The summed E-state index contributed by atoms with van der Waals surface area (Å²) in [6.45, 7) is 0.268. The summed E-state index contributed by atoms with van der Waals surface area (Å²) < 4.78 is 45.9. The van der Waals surface area contributed by atoms with Crippen LogP contribution in [0.25, 0.3) is 0 Å². The lowest BCUT2D eigenvalue weighted by molar-refractivity contribution is -0.142. The van der Waals surface area contributed by atoms with Crippen molar-refractivity contribution in [1.82, 2.24) is 5.32 Å². The molecule has 3 aromatic carbocycles. The molecule has 0 aromatic heterocycles. The quantitative estimate of drug-likeness (QED) is 0.353. The summed E-state index contributed by atoms with van der Waals surface area (Å²) >= 11 is 0. The summed E-state index contributed by atoms with van der Waals surface area (Å²) in [6.07, 6.45) is -0.0366. The van der Waals surface area contributed by atoms with E-state index in [1.807, 2.05) is 30.3 Å². The molecule has 1 amide bonds. The van der Waals surface area contributed by atoms with Crippen LogP contribution >= 0.6 is 0 Å². The lowest BCUT2D eigenvalue weighted by atomic mass is 9.84. The van der Waals surface area contributed by atoms with E-state index in [-0.39, 0.29) is 29.7 Å². The number of hydrogen-bond acceptors (Lipinski definition) is 7. The number of amides is 1. The van der Waals surface area contributed by atoms with Gasteiger partial charge in [0.2, 0.25) is 5.91 Å². The largest absolute Gasteiger partial charge is 0.497 e. The highest BCUT2D eigenvalue weighted by Gasteiger charge is 2.46. The molecule has 0 spiro atoms. The van der Waals surface area contributed by atoms with Gasteiger partial charge in [0.1, 0.15) is 23.7 Å². The molecule has 2 aliphatic rings. The van der Waals surface area contributed by atoms with Crippen LogP contribution in [0.15, 0.2) is 77.7 Å². The summed E-state index contributed by atoms with van der Waals surface area (Å²) in [7, 11) is -2.37. The Morgan fingerprint density at radius 2 is 1.90 bits per heavy atom. The van der Waals surface area contributed by atoms with E-state index in [0.717, 1.165) is 17.5 Å². The minimum Gasteiger partial charge on any atom is -0.497 e. The molecule has 5 rings (SSSR count). The Balaban J connectivity index is 1.26. The van der Waals surface area contributed by atoms with Crippen LogP contribution in [0.1, 0.15) is 29.9 Å². The smallest absolute Gasteiger partial charge is 0.262 e. The van der Waals surface area contributed by atoms with E-state index in [1.165, 1.54) is 19.2 Å². The first-order valence-electron chi connectivity index (χ1n) is 12.9. The second kappa shape index (κ2) is 11.6. The second-order valence-corrected chi connectivity index (χ2v) is 11.4. The van der Waals surface area contributed by atoms with Gasteiger partial charge in [-0.05, 0) is 48.7 Å². The predicted octanol–water partition coefficient (Wildman–Crippen LogP) is 3.24. The van der Waals surface area contributed by atoms with Crippen molar-refractivity contribution in [3.63, 3.8) is 0 Å². The lowest BCUT2D eigenvalue weighted by Crippen LogP contribution is -2.47. The standard InChI is InChI=1S/C29H32N2O7S/c1-36-21-8-5-9-23(15-21)39(34,35)31-20-10-11-26-24(14-20)25-16-22(37-27(18-32)29(25)38-26)17-28(33)30-13-12-19-6-3-2-4-7-19/h2-11,14-15,22,25,27,29,31-32H,12-13,16-18H2,1H3,(H,30,33)/t22-,25+,27+,29-/m1/s1. The number of fused-ring (bicyclic) bond motifs is 3. The van der Waals surface area contributed by atoms with Gasteiger partial charge in [0, 0.05) is 29.8 Å². The Morgan fingerprint density at radius 3 is 2.67 bits per heavy atom. The van der Waals surface area contributed by atoms with E-state index >= 15 is 0 Å². The maximum absolute atomic E-state index is 13.0. The second-order valence-electron chi connectivity index (χ2n) is 9.73. The summed E-state index contributed by atoms with van der Waals surface area (Å²) in [4.78, 5) is 12.7. The molecule has 0 aliphatic carbocycles. The SMILES string of the molecule is COc1cccc(S(=O)(=O)Nc2ccc3c(c2)[C@@H]2C[C@H](CC(=O)NCCc4ccccc4)O[C@@H](CO)[C@@H]2O3)c1. The maximum Gasteiger partial charge on any atom is 0.262 e. The monoisotopic (exact) mass is 552 g/mol. The normalized spacial score (nSPS) is 21.8. The number of carbonyl (C=O) groups is 1. The van der Waals surface area contributed by atoms with E-state index in [0.29, 0.717) is 30.2 Å². The van der Waals surface area contributed by atoms with E-state index in [9.17, 15) is 18.3 Å². The van der Waals surface area contributed by atoms with E-state index in [2.05, 4.69) is 10.0 Å². The van der Waals surface area contributed by atoms with Gasteiger partial charge >= 0.3 is 0 Å². The minimum absolute atomic E-state index is 0.0845. The molecule has 1 fully saturated rings. The van der Waals surface area contributed by atoms with Gasteiger partial charge < -0.3 is 24.6 Å². The van der Waals surface area contributed by atoms with Gasteiger partial charge in [-0.1, -0.05) is 36.4 Å². The van der Waals surface area contributed by atoms with Gasteiger partial charge in [-0.2, -0.15) is 0 Å². The van der Waals surface area contributed by atoms with Crippen LogP contribution in [0.5, 0.6) is 11.5 Å². The number of carbonyl (C=O) groups excluding carboxylic acids is 1. The predicted molar refractivity (Wildman–Crippen MR) is 146 cm³/mol. The zero-order chi connectivity index (χ0) is 27.4. The number of hydrogen-bond donors (Lipinski definition) is 3. The van der Waals surface area contributed by atoms with Crippen molar-refractivity contribution in [1.29, 1.82) is 0 Å². The summed E-state index contributed by atoms with van der Waals surface area (Å²) in [5.74, 6) is 0.777. The number of aliphatic hydroxyl groups excluding tert-OH is 1. The van der Waals surface area contributed by atoms with Crippen LogP contribution in [0.4, 0.5) is 5.69 Å². The van der Waals surface area contributed by atoms with Gasteiger partial charge in [-0.25, -0.2) is 8.42 Å².